The summed E-state index contributed by atoms with van der Waals surface area (Å²) in [5.74, 6) is -9.10. The lowest BCUT2D eigenvalue weighted by atomic mass is 9.96. The van der Waals surface area contributed by atoms with Crippen LogP contribution in [0.1, 0.15) is 134 Å². The number of ether oxygens (including phenoxy) is 6. The van der Waals surface area contributed by atoms with E-state index >= 15 is 33.6 Å². The highest BCUT2D eigenvalue weighted by molar-refractivity contribution is 7.98. The fraction of sp³-hybridized carbons (Fsp3) is 0.378. The average molecular weight is 2020 g/mol. The number of oxime groups is 1. The van der Waals surface area contributed by atoms with Crippen LogP contribution in [0.25, 0.3) is 0 Å². The summed E-state index contributed by atoms with van der Waals surface area (Å²) in [5, 5.41) is 46.2. The van der Waals surface area contributed by atoms with E-state index in [0.29, 0.717) is 70.4 Å². The smallest absolute Gasteiger partial charge is 0.408 e. The molecule has 0 aliphatic rings. The third kappa shape index (κ3) is 40.8. The van der Waals surface area contributed by atoms with Crippen molar-refractivity contribution in [1.29, 1.82) is 0 Å². The molecule has 0 aliphatic carbocycles. The zero-order valence-corrected chi connectivity index (χ0v) is 84.8. The Morgan fingerprint density at radius 3 is 1.38 bits per heavy atom. The Kier molecular flexibility index (Phi) is 48.3. The zero-order chi connectivity index (χ0) is 105. The van der Waals surface area contributed by atoms with Gasteiger partial charge in [-0.05, 0) is 153 Å². The minimum atomic E-state index is -1.87. The molecular weight excluding hydrogens is 1880 g/mol. The van der Waals surface area contributed by atoms with Gasteiger partial charge in [0.15, 0.2) is 0 Å². The molecule has 0 fully saturated rings. The standard InChI is InChI=1S/C111H135N13O21S/c1-11-61-142-109(135)113-69-94(104(130)117-92(68-83-51-47-80(48-52-83)44-42-78-31-21-15-22-32-78)102(128)116-93(66-81-33-23-16-24-34-81)103(129)121-97(75(5)12-2)106(132)115-90(59-65-146-10)108(134)145-123-99(86-53-39-74(4)40-54-86)87-55-57-88(58-56-87)124(137)138)118-107(133)98(76(6)143-71-85-37-27-18-28-38-85)122-105(131)95(72-141-70-84-35-25-17-26-36-84)119-101(127)91(67-82-49-45-79(46-50-82)43-41-77-29-19-14-20-30-77)114-96(125)73-140-64-63-139-62-60-112-100(126)89(13-3)120-110(136)144-111(7,8)9/h11,14-40,45-58,75-76,89-95,97-98H,1,12-13,41-44,59-73H2,2-10H3,(H,112,126)(H,113,135)(H,114,125)(H,115,132)(H,116,128)(H,117,130)(H,118,133)(H,119,127)(H,120,136)(H,121,129)(H,122,131)/b123-99-/t75?,76?,89-,90-,91-,92-,93-,94-,95-,97-,98-/m0/s1. The Morgan fingerprint density at radius 1 is 0.438 bits per heavy atom. The first-order valence-corrected chi connectivity index (χ1v) is 50.2. The lowest BCUT2D eigenvalue weighted by Crippen LogP contribution is -2.64. The molecule has 776 valence electrons. The molecule has 11 amide bonds. The Labute approximate surface area is 856 Å². The minimum Gasteiger partial charge on any atom is -0.445 e. The van der Waals surface area contributed by atoms with Crippen molar-refractivity contribution in [2.24, 2.45) is 11.1 Å². The van der Waals surface area contributed by atoms with Crippen LogP contribution in [0.5, 0.6) is 0 Å². The molecule has 11 N–H and O–H groups in total. The number of benzene rings is 9. The lowest BCUT2D eigenvalue weighted by Gasteiger charge is -2.30. The molecule has 0 radical (unpaired) electrons. The summed E-state index contributed by atoms with van der Waals surface area (Å²) in [5.41, 5.74) is 8.18. The summed E-state index contributed by atoms with van der Waals surface area (Å²) in [4.78, 5) is 193. The predicted molar refractivity (Wildman–Crippen MR) is 556 cm³/mol. The lowest BCUT2D eigenvalue weighted by molar-refractivity contribution is -0.384. The fourth-order valence-electron chi connectivity index (χ4n) is 15.1. The van der Waals surface area contributed by atoms with Crippen molar-refractivity contribution in [2.75, 3.05) is 64.7 Å². The van der Waals surface area contributed by atoms with Crippen LogP contribution < -0.4 is 58.5 Å². The number of nitro benzene ring substituents is 1. The number of nitrogens with zero attached hydrogens (tertiary/aromatic N) is 2. The molecule has 0 heterocycles. The second kappa shape index (κ2) is 61.4. The van der Waals surface area contributed by atoms with Gasteiger partial charge < -0.3 is 91.7 Å². The van der Waals surface area contributed by atoms with Crippen LogP contribution >= 0.6 is 11.8 Å². The summed E-state index contributed by atoms with van der Waals surface area (Å²) in [6.45, 7) is 15.0. The second-order valence-corrected chi connectivity index (χ2v) is 37.1. The van der Waals surface area contributed by atoms with Crippen LogP contribution in [-0.2, 0) is 139 Å². The summed E-state index contributed by atoms with van der Waals surface area (Å²) in [6, 6.07) is 60.2. The number of carbonyl (C=O) groups excluding carboxylic acids is 12. The predicted octanol–water partition coefficient (Wildman–Crippen LogP) is 11.4. The maximum absolute atomic E-state index is 15.8. The van der Waals surface area contributed by atoms with Crippen LogP contribution in [-0.4, -0.2) is 213 Å². The molecule has 0 saturated carbocycles. The average Bonchev–Trinajstić information content (AvgIpc) is 0.827. The molecule has 2 unspecified atom stereocenters. The van der Waals surface area contributed by atoms with Gasteiger partial charge in [-0.25, -0.2) is 14.4 Å². The van der Waals surface area contributed by atoms with Gasteiger partial charge >= 0.3 is 18.2 Å². The molecule has 0 bridgehead atoms. The summed E-state index contributed by atoms with van der Waals surface area (Å²) in [7, 11) is 0. The maximum Gasteiger partial charge on any atom is 0.408 e. The Balaban J connectivity index is 1.01. The Hall–Kier alpha value is -14.8. The topological polar surface area (TPSA) is 457 Å². The van der Waals surface area contributed by atoms with E-state index in [-0.39, 0.29) is 89.7 Å². The van der Waals surface area contributed by atoms with E-state index in [4.69, 9.17) is 33.3 Å². The number of alkyl carbamates (subject to hydrolysis) is 2. The zero-order valence-electron chi connectivity index (χ0n) is 84.0. The molecule has 35 heteroatoms. The molecule has 0 saturated heterocycles. The van der Waals surface area contributed by atoms with Gasteiger partial charge in [-0.15, -0.1) is 0 Å². The maximum atomic E-state index is 15.8. The number of aryl methyl sites for hydroxylation is 5. The van der Waals surface area contributed by atoms with E-state index in [1.165, 1.54) is 49.0 Å². The largest absolute Gasteiger partial charge is 0.445 e. The number of nitrogens with one attached hydrogen (secondary N) is 11. The van der Waals surface area contributed by atoms with Crippen LogP contribution in [0, 0.1) is 23.0 Å². The van der Waals surface area contributed by atoms with Gasteiger partial charge in [0, 0.05) is 49.1 Å². The molecule has 9 rings (SSSR count). The van der Waals surface area contributed by atoms with E-state index in [1.807, 2.05) is 122 Å². The van der Waals surface area contributed by atoms with Crippen molar-refractivity contribution < 1.29 is 95.7 Å². The highest BCUT2D eigenvalue weighted by Crippen LogP contribution is 2.23. The normalized spacial score (nSPS) is 13.6. The monoisotopic (exact) mass is 2020 g/mol. The second-order valence-electron chi connectivity index (χ2n) is 36.1. The van der Waals surface area contributed by atoms with Gasteiger partial charge in [-0.1, -0.05) is 275 Å². The van der Waals surface area contributed by atoms with Crippen molar-refractivity contribution in [1.82, 2.24) is 58.5 Å². The highest BCUT2D eigenvalue weighted by atomic mass is 32.2. The first-order chi connectivity index (χ1) is 70.3. The van der Waals surface area contributed by atoms with Gasteiger partial charge in [-0.2, -0.15) is 11.8 Å². The molecule has 34 nitrogen and oxygen atoms in total. The molecular formula is C111H135N13O21S. The molecule has 0 aromatic heterocycles. The number of nitro groups is 1. The summed E-state index contributed by atoms with van der Waals surface area (Å²) >= 11 is 1.39. The Bertz CT molecular complexity index is 5700. The first kappa shape index (κ1) is 115. The van der Waals surface area contributed by atoms with E-state index in [0.717, 1.165) is 34.2 Å². The number of carbonyl (C=O) groups is 12. The number of hydrogen-bond acceptors (Lipinski definition) is 23. The number of hydrogen-bond donors (Lipinski definition) is 11. The van der Waals surface area contributed by atoms with E-state index in [1.54, 1.807) is 157 Å². The van der Waals surface area contributed by atoms with Crippen LogP contribution in [0.4, 0.5) is 15.3 Å². The summed E-state index contributed by atoms with van der Waals surface area (Å²) < 4.78 is 34.7. The van der Waals surface area contributed by atoms with Crippen molar-refractivity contribution >= 4 is 94.5 Å². The van der Waals surface area contributed by atoms with Crippen molar-refractivity contribution in [3.63, 3.8) is 0 Å². The molecule has 146 heavy (non-hydrogen) atoms. The van der Waals surface area contributed by atoms with Gasteiger partial charge in [0.25, 0.3) is 5.69 Å². The third-order valence-electron chi connectivity index (χ3n) is 23.5. The van der Waals surface area contributed by atoms with Gasteiger partial charge in [0.1, 0.15) is 78.9 Å². The van der Waals surface area contributed by atoms with E-state index in [2.05, 4.69) is 70.2 Å². The molecule has 9 aromatic rings. The number of rotatable bonds is 60. The van der Waals surface area contributed by atoms with Crippen molar-refractivity contribution in [3.05, 3.63) is 338 Å². The van der Waals surface area contributed by atoms with Crippen LogP contribution in [0.3, 0.4) is 0 Å². The molecule has 9 aromatic carbocycles. The SMILES string of the molecule is C=CCOC(=O)NC[C@H](NC(=O)[C@@H](NC(=O)[C@H](COCc1ccccc1)NC(=O)[C@H](Cc1ccc(CCc2ccccc2)cc1)NC(=O)COCCOCCNC(=O)[C@H](CC)NC(=O)OC(C)(C)C)C(C)OCc1ccccc1)C(=O)N[C@@H](Cc1ccc(CCc2ccccc2)cc1)C(=O)N[C@@H](Cc1ccccc1)C(=O)N[C@H](C(=O)N[C@@H](CCSC)C(=O)O/N=C(/c1ccc(C)cc1)c1ccc([N+](=O)[O-])cc1)C(C)CC. The van der Waals surface area contributed by atoms with Crippen molar-refractivity contribution in [3.8, 4) is 0 Å². The molecule has 0 spiro atoms. The Morgan fingerprint density at radius 2 is 0.870 bits per heavy atom. The number of amides is 11. The van der Waals surface area contributed by atoms with Gasteiger partial charge in [0.05, 0.1) is 57.2 Å². The van der Waals surface area contributed by atoms with Crippen LogP contribution in [0.2, 0.25) is 0 Å². The molecule has 11 atom stereocenters. The number of thioether (sulfide) groups is 1. The quantitative estimate of drug-likeness (QED) is 0.00421. The third-order valence-corrected chi connectivity index (χ3v) is 24.2. The summed E-state index contributed by atoms with van der Waals surface area (Å²) in [6.07, 6.45) is 2.80. The van der Waals surface area contributed by atoms with E-state index in [9.17, 15) is 34.1 Å². The van der Waals surface area contributed by atoms with E-state index < -0.39 is 168 Å². The minimum absolute atomic E-state index is 0.0142. The highest BCUT2D eigenvalue weighted by Gasteiger charge is 2.39. The van der Waals surface area contributed by atoms with Gasteiger partial charge in [-0.3, -0.25) is 53.3 Å². The van der Waals surface area contributed by atoms with Gasteiger partial charge in [0.2, 0.25) is 53.2 Å². The molecule has 0 aliphatic heterocycles. The van der Waals surface area contributed by atoms with Crippen molar-refractivity contribution in [2.45, 2.75) is 199 Å². The fourth-order valence-corrected chi connectivity index (χ4v) is 15.6. The first-order valence-electron chi connectivity index (χ1n) is 48.8. The number of non-ortho nitro benzene ring substituents is 1. The van der Waals surface area contributed by atoms with Crippen LogP contribution in [0.15, 0.2) is 267 Å².